The van der Waals surface area contributed by atoms with Crippen molar-refractivity contribution in [3.05, 3.63) is 72.3 Å². The molecule has 7 heteroatoms. The highest BCUT2D eigenvalue weighted by Gasteiger charge is 2.27. The van der Waals surface area contributed by atoms with Gasteiger partial charge in [0.15, 0.2) is 6.29 Å². The largest absolute Gasteiger partial charge is 0.496 e. The molecule has 0 aromatic heterocycles. The summed E-state index contributed by atoms with van der Waals surface area (Å²) in [5, 5.41) is 0. The number of allylic oxidation sites excluding steroid dienone is 1. The summed E-state index contributed by atoms with van der Waals surface area (Å²) in [5.74, 6) is -2.50. The second kappa shape index (κ2) is 13.2. The first-order valence-corrected chi connectivity index (χ1v) is 10.6. The zero-order chi connectivity index (χ0) is 24.1. The summed E-state index contributed by atoms with van der Waals surface area (Å²) in [6.45, 7) is 3.30. The van der Waals surface area contributed by atoms with Crippen LogP contribution in [0.25, 0.3) is 11.6 Å². The molecule has 0 fully saturated rings. The van der Waals surface area contributed by atoms with Gasteiger partial charge < -0.3 is 14.2 Å². The normalized spacial score (nSPS) is 11.5. The SMILES string of the molecule is C=CC(=O)OCCCC(F)(F)CCCOc1ccc(/C=C(\C=O)c2ccccc2)c(OC)c1. The molecule has 0 saturated heterocycles. The van der Waals surface area contributed by atoms with Gasteiger partial charge in [0.1, 0.15) is 11.5 Å². The number of esters is 1. The van der Waals surface area contributed by atoms with Gasteiger partial charge in [0.25, 0.3) is 0 Å². The summed E-state index contributed by atoms with van der Waals surface area (Å²) >= 11 is 0. The topological polar surface area (TPSA) is 61.8 Å². The van der Waals surface area contributed by atoms with Gasteiger partial charge in [-0.15, -0.1) is 0 Å². The van der Waals surface area contributed by atoms with E-state index in [0.717, 1.165) is 17.9 Å². The smallest absolute Gasteiger partial charge is 0.330 e. The van der Waals surface area contributed by atoms with E-state index in [0.29, 0.717) is 22.6 Å². The molecule has 33 heavy (non-hydrogen) atoms. The van der Waals surface area contributed by atoms with Crippen LogP contribution in [-0.2, 0) is 14.3 Å². The fourth-order valence-electron chi connectivity index (χ4n) is 3.09. The van der Waals surface area contributed by atoms with Gasteiger partial charge in [0.2, 0.25) is 5.92 Å². The Hall–Kier alpha value is -3.48. The van der Waals surface area contributed by atoms with Gasteiger partial charge in [-0.25, -0.2) is 13.6 Å². The number of ether oxygens (including phenoxy) is 3. The summed E-state index contributed by atoms with van der Waals surface area (Å²) in [5.41, 5.74) is 1.98. The molecular weight excluding hydrogens is 430 g/mol. The molecule has 0 bridgehead atoms. The van der Waals surface area contributed by atoms with Gasteiger partial charge in [-0.3, -0.25) is 4.79 Å². The van der Waals surface area contributed by atoms with E-state index in [1.165, 1.54) is 7.11 Å². The van der Waals surface area contributed by atoms with Crippen LogP contribution in [0.1, 0.15) is 36.8 Å². The minimum atomic E-state index is -2.86. The lowest BCUT2D eigenvalue weighted by atomic mass is 10.0. The minimum absolute atomic E-state index is 0.0619. The number of aldehydes is 1. The van der Waals surface area contributed by atoms with Crippen LogP contribution in [0, 0.1) is 0 Å². The lowest BCUT2D eigenvalue weighted by Crippen LogP contribution is -2.18. The molecule has 0 aliphatic heterocycles. The molecule has 176 valence electrons. The van der Waals surface area contributed by atoms with Crippen molar-refractivity contribution in [3.8, 4) is 11.5 Å². The predicted molar refractivity (Wildman–Crippen MR) is 123 cm³/mol. The quantitative estimate of drug-likeness (QED) is 0.119. The molecule has 0 N–H and O–H groups in total. The first-order valence-electron chi connectivity index (χ1n) is 10.6. The van der Waals surface area contributed by atoms with Crippen molar-refractivity contribution in [1.82, 2.24) is 0 Å². The van der Waals surface area contributed by atoms with Crippen LogP contribution in [0.15, 0.2) is 61.2 Å². The number of benzene rings is 2. The number of hydrogen-bond donors (Lipinski definition) is 0. The van der Waals surface area contributed by atoms with Crippen molar-refractivity contribution >= 4 is 23.9 Å². The Labute approximate surface area is 192 Å². The van der Waals surface area contributed by atoms with E-state index in [1.807, 2.05) is 30.3 Å². The molecule has 2 aromatic rings. The van der Waals surface area contributed by atoms with Gasteiger partial charge in [0.05, 0.1) is 20.3 Å². The molecular formula is C26H28F2O5. The van der Waals surface area contributed by atoms with Crippen LogP contribution in [0.3, 0.4) is 0 Å². The van der Waals surface area contributed by atoms with Gasteiger partial charge >= 0.3 is 5.97 Å². The molecule has 0 amide bonds. The third-order valence-corrected chi connectivity index (χ3v) is 4.80. The summed E-state index contributed by atoms with van der Waals surface area (Å²) < 4.78 is 43.6. The third-order valence-electron chi connectivity index (χ3n) is 4.80. The van der Waals surface area contributed by atoms with Gasteiger partial charge in [-0.05, 0) is 36.6 Å². The fourth-order valence-corrected chi connectivity index (χ4v) is 3.09. The standard InChI is InChI=1S/C26H28F2O5/c1-3-25(30)33-16-8-14-26(27,28)13-7-15-32-23-12-11-21(24(18-23)31-2)17-22(19-29)20-9-5-4-6-10-20/h3-6,9-12,17-19H,1,7-8,13-16H2,2H3/b22-17+. The maximum absolute atomic E-state index is 14.0. The predicted octanol–water partition coefficient (Wildman–Crippen LogP) is 5.74. The number of alkyl halides is 2. The maximum Gasteiger partial charge on any atom is 0.330 e. The van der Waals surface area contributed by atoms with Crippen molar-refractivity contribution in [1.29, 1.82) is 0 Å². The molecule has 0 saturated carbocycles. The Balaban J connectivity index is 1.88. The highest BCUT2D eigenvalue weighted by atomic mass is 19.3. The second-order valence-corrected chi connectivity index (χ2v) is 7.27. The number of carbonyl (C=O) groups is 2. The number of halogens is 2. The zero-order valence-corrected chi connectivity index (χ0v) is 18.6. The maximum atomic E-state index is 14.0. The van der Waals surface area contributed by atoms with Crippen LogP contribution in [-0.4, -0.2) is 38.5 Å². The highest BCUT2D eigenvalue weighted by Crippen LogP contribution is 2.29. The van der Waals surface area contributed by atoms with Crippen molar-refractivity contribution in [2.75, 3.05) is 20.3 Å². The van der Waals surface area contributed by atoms with Crippen LogP contribution in [0.5, 0.6) is 11.5 Å². The average Bonchev–Trinajstić information content (AvgIpc) is 2.83. The molecule has 0 radical (unpaired) electrons. The van der Waals surface area contributed by atoms with Gasteiger partial charge in [-0.2, -0.15) is 0 Å². The van der Waals surface area contributed by atoms with Crippen molar-refractivity contribution < 1.29 is 32.6 Å². The summed E-state index contributed by atoms with van der Waals surface area (Å²) in [4.78, 5) is 22.4. The number of rotatable bonds is 14. The van der Waals surface area contributed by atoms with E-state index < -0.39 is 11.9 Å². The summed E-state index contributed by atoms with van der Waals surface area (Å²) in [7, 11) is 1.51. The molecule has 0 unspecified atom stereocenters. The van der Waals surface area contributed by atoms with E-state index >= 15 is 0 Å². The first-order chi connectivity index (χ1) is 15.9. The number of carbonyl (C=O) groups excluding carboxylic acids is 2. The lowest BCUT2D eigenvalue weighted by Gasteiger charge is -2.16. The monoisotopic (exact) mass is 458 g/mol. The molecule has 0 aliphatic carbocycles. The van der Waals surface area contributed by atoms with Gasteiger partial charge in [-0.1, -0.05) is 36.9 Å². The van der Waals surface area contributed by atoms with Crippen molar-refractivity contribution in [2.24, 2.45) is 0 Å². The van der Waals surface area contributed by atoms with Crippen LogP contribution in [0.4, 0.5) is 8.78 Å². The number of hydrogen-bond acceptors (Lipinski definition) is 5. The molecule has 0 aliphatic rings. The summed E-state index contributed by atoms with van der Waals surface area (Å²) in [6, 6.07) is 14.4. The Morgan fingerprint density at radius 1 is 1.06 bits per heavy atom. The van der Waals surface area contributed by atoms with E-state index in [2.05, 4.69) is 6.58 Å². The third kappa shape index (κ3) is 8.88. The van der Waals surface area contributed by atoms with Gasteiger partial charge in [0, 0.05) is 36.1 Å². The highest BCUT2D eigenvalue weighted by molar-refractivity contribution is 6.13. The molecule has 5 nitrogen and oxygen atoms in total. The molecule has 2 aromatic carbocycles. The minimum Gasteiger partial charge on any atom is -0.496 e. The van der Waals surface area contributed by atoms with Crippen molar-refractivity contribution in [3.63, 3.8) is 0 Å². The van der Waals surface area contributed by atoms with Crippen molar-refractivity contribution in [2.45, 2.75) is 31.6 Å². The van der Waals surface area contributed by atoms with E-state index in [1.54, 1.807) is 24.3 Å². The first kappa shape index (κ1) is 25.8. The van der Waals surface area contributed by atoms with Crippen LogP contribution >= 0.6 is 0 Å². The zero-order valence-electron chi connectivity index (χ0n) is 18.6. The molecule has 0 heterocycles. The van der Waals surface area contributed by atoms with E-state index in [4.69, 9.17) is 14.2 Å². The Kier molecular flexibility index (Phi) is 10.3. The van der Waals surface area contributed by atoms with E-state index in [-0.39, 0.29) is 38.9 Å². The number of methoxy groups -OCH3 is 1. The lowest BCUT2D eigenvalue weighted by molar-refractivity contribution is -0.138. The Morgan fingerprint density at radius 2 is 1.76 bits per heavy atom. The Morgan fingerprint density at radius 3 is 2.39 bits per heavy atom. The fraction of sp³-hybridized carbons (Fsp3) is 0.308. The summed E-state index contributed by atoms with van der Waals surface area (Å²) in [6.07, 6.45) is 3.03. The average molecular weight is 459 g/mol. The van der Waals surface area contributed by atoms with Crippen LogP contribution in [0.2, 0.25) is 0 Å². The van der Waals surface area contributed by atoms with E-state index in [9.17, 15) is 18.4 Å². The molecule has 0 atom stereocenters. The Bertz CT molecular complexity index is 954. The molecule has 2 rings (SSSR count). The molecule has 0 spiro atoms. The van der Waals surface area contributed by atoms with Crippen LogP contribution < -0.4 is 9.47 Å². The second-order valence-electron chi connectivity index (χ2n) is 7.27.